The average molecular weight is 1070 g/mol. The van der Waals surface area contributed by atoms with Gasteiger partial charge in [0, 0.05) is 52.8 Å². The molecule has 0 aromatic heterocycles. The second kappa shape index (κ2) is 24.8. The van der Waals surface area contributed by atoms with E-state index in [-0.39, 0.29) is 64.2 Å². The molecular weight excluding hydrogens is 985 g/mol. The number of carbonyl (C=O) groups is 4. The van der Waals surface area contributed by atoms with Crippen molar-refractivity contribution in [3.05, 3.63) is 128 Å². The highest BCUT2D eigenvalue weighted by molar-refractivity contribution is 5.97. The fourth-order valence-corrected chi connectivity index (χ4v) is 12.0. The van der Waals surface area contributed by atoms with E-state index in [1.54, 1.807) is 38.5 Å². The molecule has 5 atom stereocenters. The molecule has 4 aromatic carbocycles. The molecule has 12 nitrogen and oxygen atoms in total. The van der Waals surface area contributed by atoms with Crippen molar-refractivity contribution in [1.82, 2.24) is 0 Å². The Morgan fingerprint density at radius 2 is 1.19 bits per heavy atom. The second-order valence-electron chi connectivity index (χ2n) is 22.7. The summed E-state index contributed by atoms with van der Waals surface area (Å²) in [5.74, 6) is 5.62. The molecular formula is C66H80O12. The highest BCUT2D eigenvalue weighted by Crippen LogP contribution is 2.58. The first kappa shape index (κ1) is 58.7. The SMILES string of the molecule is CCCCCc1cc2c(c(O)c1C(=O)O)[C@@H]1C=C(C)CC[C@H]1C(C)(C)O2.CCCCCc1cc2c(c3c1C(=O)OC(CC(C)=O)(c1ccc(OC)cc1)O3)[C@@H]1C=C(C)CC[C@H]1C(C)(C)O2.COc1ccc(C#CC(C)=O)cc1. The van der Waals surface area contributed by atoms with E-state index in [9.17, 15) is 29.4 Å². The number of esters is 1. The first-order valence-electron chi connectivity index (χ1n) is 27.8. The van der Waals surface area contributed by atoms with Crippen LogP contribution in [0.4, 0.5) is 0 Å². The zero-order valence-electron chi connectivity index (χ0n) is 47.9. The molecule has 0 radical (unpaired) electrons. The van der Waals surface area contributed by atoms with Crippen molar-refractivity contribution in [2.45, 2.75) is 182 Å². The number of fused-ring (bicyclic) bond motifs is 8. The van der Waals surface area contributed by atoms with Gasteiger partial charge in [-0.1, -0.05) is 68.7 Å². The van der Waals surface area contributed by atoms with Gasteiger partial charge in [-0.2, -0.15) is 0 Å². The quantitative estimate of drug-likeness (QED) is 0.0532. The maximum absolute atomic E-state index is 14.0. The van der Waals surface area contributed by atoms with Gasteiger partial charge in [0.1, 0.15) is 62.6 Å². The minimum atomic E-state index is -1.58. The van der Waals surface area contributed by atoms with Crippen molar-refractivity contribution in [2.24, 2.45) is 11.8 Å². The number of benzene rings is 4. The van der Waals surface area contributed by atoms with Crippen molar-refractivity contribution >= 4 is 23.5 Å². The third-order valence-electron chi connectivity index (χ3n) is 16.0. The summed E-state index contributed by atoms with van der Waals surface area (Å²) in [7, 11) is 3.20. The molecule has 5 aliphatic rings. The summed E-state index contributed by atoms with van der Waals surface area (Å²) in [5, 5.41) is 20.7. The van der Waals surface area contributed by atoms with Crippen LogP contribution < -0.4 is 23.7 Å². The van der Waals surface area contributed by atoms with E-state index in [0.29, 0.717) is 45.9 Å². The third kappa shape index (κ3) is 12.9. The van der Waals surface area contributed by atoms with Crippen molar-refractivity contribution in [2.75, 3.05) is 14.2 Å². The van der Waals surface area contributed by atoms with Gasteiger partial charge in [0.05, 0.1) is 20.6 Å². The van der Waals surface area contributed by atoms with E-state index in [0.717, 1.165) is 98.8 Å². The van der Waals surface area contributed by atoms with Gasteiger partial charge >= 0.3 is 11.9 Å². The Hall–Kier alpha value is -7.00. The van der Waals surface area contributed by atoms with E-state index in [1.165, 1.54) is 25.0 Å². The van der Waals surface area contributed by atoms with Crippen molar-refractivity contribution in [1.29, 1.82) is 0 Å². The number of unbranched alkanes of at least 4 members (excludes halogenated alkanes) is 4. The number of Topliss-reactive ketones (excluding diaryl/α,β-unsaturated/α-hetero) is 2. The van der Waals surface area contributed by atoms with E-state index in [2.05, 4.69) is 79.4 Å². The zero-order valence-corrected chi connectivity index (χ0v) is 47.9. The summed E-state index contributed by atoms with van der Waals surface area (Å²) in [6, 6.07) is 18.3. The molecule has 416 valence electrons. The number of carboxylic acid groups (broad SMARTS) is 1. The molecule has 2 aliphatic carbocycles. The van der Waals surface area contributed by atoms with Crippen molar-refractivity contribution in [3.8, 4) is 46.3 Å². The number of allylic oxidation sites excluding steroid dienone is 4. The largest absolute Gasteiger partial charge is 0.507 e. The fraction of sp³-hybridized carbons (Fsp3) is 0.485. The number of carboxylic acids is 1. The molecule has 12 heteroatoms. The average Bonchev–Trinajstić information content (AvgIpc) is 3.54. The van der Waals surface area contributed by atoms with Gasteiger partial charge in [-0.25, -0.2) is 9.59 Å². The van der Waals surface area contributed by atoms with Crippen LogP contribution in [0.1, 0.15) is 206 Å². The lowest BCUT2D eigenvalue weighted by atomic mass is 9.67. The minimum Gasteiger partial charge on any atom is -0.507 e. The number of hydrogen-bond acceptors (Lipinski definition) is 11. The number of aromatic carboxylic acids is 1. The molecule has 0 fully saturated rings. The van der Waals surface area contributed by atoms with E-state index in [4.69, 9.17) is 28.4 Å². The Kier molecular flexibility index (Phi) is 18.6. The number of carbonyl (C=O) groups excluding carboxylic acids is 3. The standard InChI is InChI=1S/C33H40O6.C22H30O4.C11H10O2/c1-7-8-9-10-22-18-27-29(25-17-20(2)11-16-26(25)32(4,5)37-27)30-28(22)31(35)39-33(38-30,19-21(3)34)23-12-14-24(36-6)15-13-23;1-5-6-7-8-14-12-17-19(20(23)18(14)21(24)25)15-11-13(2)9-10-16(15)22(3,4)26-17;1-9(12)3-4-10-5-7-11(13-2)8-6-10/h12-15,17-18,25-26H,7-11,16,19H2,1-6H3;11-12,15-16,23H,5-10H2,1-4H3,(H,24,25);5-8H,1-2H3/t25-,26-,33?;15-,16-;/m11./s1. The fourth-order valence-electron chi connectivity index (χ4n) is 12.0. The maximum atomic E-state index is 14.0. The topological polar surface area (TPSA) is 164 Å². The molecule has 0 saturated carbocycles. The van der Waals surface area contributed by atoms with Gasteiger partial charge in [0.2, 0.25) is 5.78 Å². The number of aromatic hydroxyl groups is 1. The van der Waals surface area contributed by atoms with Crippen LogP contribution in [0, 0.1) is 23.7 Å². The molecule has 9 rings (SSSR count). The first-order chi connectivity index (χ1) is 37.1. The van der Waals surface area contributed by atoms with Gasteiger partial charge in [0.15, 0.2) is 0 Å². The summed E-state index contributed by atoms with van der Waals surface area (Å²) in [6.07, 6.45) is 15.9. The Morgan fingerprint density at radius 1 is 0.692 bits per heavy atom. The predicted molar refractivity (Wildman–Crippen MR) is 302 cm³/mol. The Balaban J connectivity index is 0.000000193. The molecule has 78 heavy (non-hydrogen) atoms. The molecule has 3 heterocycles. The van der Waals surface area contributed by atoms with Gasteiger partial charge in [-0.3, -0.25) is 9.59 Å². The second-order valence-corrected chi connectivity index (χ2v) is 22.7. The van der Waals surface area contributed by atoms with Crippen LogP contribution in [0.3, 0.4) is 0 Å². The summed E-state index contributed by atoms with van der Waals surface area (Å²) in [5.41, 5.74) is 6.93. The molecule has 0 saturated heterocycles. The highest BCUT2D eigenvalue weighted by Gasteiger charge is 2.52. The Labute approximate surface area is 461 Å². The van der Waals surface area contributed by atoms with E-state index >= 15 is 0 Å². The van der Waals surface area contributed by atoms with Crippen LogP contribution >= 0.6 is 0 Å². The number of ether oxygens (including phenoxy) is 6. The third-order valence-corrected chi connectivity index (χ3v) is 16.0. The van der Waals surface area contributed by atoms with Gasteiger partial charge in [-0.15, -0.1) is 0 Å². The van der Waals surface area contributed by atoms with E-state index < -0.39 is 17.7 Å². The number of aryl methyl sites for hydroxylation is 2. The minimum absolute atomic E-state index is 0.00490. The van der Waals surface area contributed by atoms with Gasteiger partial charge < -0.3 is 38.6 Å². The molecule has 0 bridgehead atoms. The van der Waals surface area contributed by atoms with Crippen LogP contribution in [0.2, 0.25) is 0 Å². The lowest BCUT2D eigenvalue weighted by Gasteiger charge is -2.48. The normalized spacial score (nSPS) is 21.6. The highest BCUT2D eigenvalue weighted by atomic mass is 16.7. The number of phenols is 1. The number of methoxy groups -OCH3 is 2. The van der Waals surface area contributed by atoms with Crippen molar-refractivity contribution < 1.29 is 57.8 Å². The lowest BCUT2D eigenvalue weighted by Crippen LogP contribution is -2.47. The van der Waals surface area contributed by atoms with Crippen LogP contribution in [0.5, 0.6) is 34.5 Å². The number of rotatable bonds is 14. The van der Waals surface area contributed by atoms with Crippen LogP contribution in [-0.2, 0) is 33.0 Å². The van der Waals surface area contributed by atoms with Gasteiger partial charge in [-0.05, 0) is 178 Å². The van der Waals surface area contributed by atoms with Crippen LogP contribution in [0.15, 0.2) is 84.0 Å². The lowest BCUT2D eigenvalue weighted by molar-refractivity contribution is -0.172. The predicted octanol–water partition coefficient (Wildman–Crippen LogP) is 14.5. The molecule has 0 amide bonds. The first-order valence-corrected chi connectivity index (χ1v) is 27.8. The number of cyclic esters (lactones) is 1. The molecule has 1 unspecified atom stereocenters. The molecule has 4 aromatic rings. The maximum Gasteiger partial charge on any atom is 0.345 e. The zero-order chi connectivity index (χ0) is 56.7. The summed E-state index contributed by atoms with van der Waals surface area (Å²) in [4.78, 5) is 49.0. The Bertz CT molecular complexity index is 3000. The molecule has 2 N–H and O–H groups in total. The smallest absolute Gasteiger partial charge is 0.345 e. The summed E-state index contributed by atoms with van der Waals surface area (Å²) < 4.78 is 36.3. The van der Waals surface area contributed by atoms with Crippen molar-refractivity contribution in [3.63, 3.8) is 0 Å². The molecule has 3 aliphatic heterocycles. The Morgan fingerprint density at radius 3 is 1.69 bits per heavy atom. The van der Waals surface area contributed by atoms with Gasteiger partial charge in [0.25, 0.3) is 5.79 Å². The van der Waals surface area contributed by atoms with Crippen LogP contribution in [-0.4, -0.2) is 59.1 Å². The van der Waals surface area contributed by atoms with Crippen LogP contribution in [0.25, 0.3) is 0 Å². The monoisotopic (exact) mass is 1060 g/mol. The number of ketones is 2. The number of hydrogen-bond donors (Lipinski definition) is 2. The summed E-state index contributed by atoms with van der Waals surface area (Å²) >= 11 is 0. The van der Waals surface area contributed by atoms with E-state index in [1.807, 2.05) is 36.4 Å². The molecule has 0 spiro atoms. The summed E-state index contributed by atoms with van der Waals surface area (Å²) in [6.45, 7) is 20.0.